The third-order valence-electron chi connectivity index (χ3n) is 4.32. The Morgan fingerprint density at radius 2 is 1.96 bits per heavy atom. The van der Waals surface area contributed by atoms with Crippen LogP contribution < -0.4 is 0 Å². The van der Waals surface area contributed by atoms with Gasteiger partial charge < -0.3 is 9.52 Å². The summed E-state index contributed by atoms with van der Waals surface area (Å²) in [5.41, 5.74) is 3.59. The number of aromatic hydroxyl groups is 1. The number of hydrogen-bond acceptors (Lipinski definition) is 6. The third-order valence-corrected chi connectivity index (χ3v) is 4.32. The minimum atomic E-state index is -0.454. The van der Waals surface area contributed by atoms with E-state index < -0.39 is 4.92 Å². The van der Waals surface area contributed by atoms with E-state index in [-0.39, 0.29) is 17.3 Å². The number of hydrogen-bond donors (Lipinski definition) is 1. The van der Waals surface area contributed by atoms with E-state index in [0.717, 1.165) is 11.1 Å². The Morgan fingerprint density at radius 3 is 2.75 bits per heavy atom. The molecule has 7 heteroatoms. The molecule has 0 atom stereocenters. The maximum absolute atomic E-state index is 11.1. The second-order valence-electron chi connectivity index (χ2n) is 6.22. The van der Waals surface area contributed by atoms with E-state index in [9.17, 15) is 15.2 Å². The van der Waals surface area contributed by atoms with Crippen molar-refractivity contribution >= 4 is 28.7 Å². The number of nitro groups is 1. The monoisotopic (exact) mass is 373 g/mol. The number of oxazole rings is 1. The Balaban J connectivity index is 1.73. The van der Waals surface area contributed by atoms with Crippen LogP contribution in [0, 0.1) is 17.0 Å². The molecule has 7 nitrogen and oxygen atoms in total. The van der Waals surface area contributed by atoms with Gasteiger partial charge in [-0.25, -0.2) is 4.98 Å². The van der Waals surface area contributed by atoms with Gasteiger partial charge in [-0.3, -0.25) is 15.1 Å². The standard InChI is InChI=1S/C21H15N3O4/c1-13-5-4-8-19-20(13)23-21(28-19)16-11-15(9-10-18(16)25)22-12-14-6-2-3-7-17(14)24(26)27/h2-12,25H,1H3. The molecule has 0 bridgehead atoms. The number of benzene rings is 3. The highest BCUT2D eigenvalue weighted by atomic mass is 16.6. The molecule has 4 aromatic rings. The first-order chi connectivity index (χ1) is 13.5. The second kappa shape index (κ2) is 6.96. The zero-order valence-electron chi connectivity index (χ0n) is 14.9. The van der Waals surface area contributed by atoms with Crippen LogP contribution in [0.2, 0.25) is 0 Å². The van der Waals surface area contributed by atoms with Crippen molar-refractivity contribution < 1.29 is 14.4 Å². The Labute approximate surface area is 159 Å². The Kier molecular flexibility index (Phi) is 4.33. The topological polar surface area (TPSA) is 102 Å². The van der Waals surface area contributed by atoms with Crippen molar-refractivity contribution in [1.29, 1.82) is 0 Å². The molecule has 0 saturated carbocycles. The molecule has 1 aromatic heterocycles. The minimum absolute atomic E-state index is 0.00820. The predicted molar refractivity (Wildman–Crippen MR) is 106 cm³/mol. The van der Waals surface area contributed by atoms with Gasteiger partial charge in [-0.05, 0) is 42.8 Å². The summed E-state index contributed by atoms with van der Waals surface area (Å²) in [6.45, 7) is 1.93. The van der Waals surface area contributed by atoms with Gasteiger partial charge in [0, 0.05) is 12.3 Å². The molecule has 0 radical (unpaired) electrons. The van der Waals surface area contributed by atoms with Gasteiger partial charge in [-0.2, -0.15) is 0 Å². The normalized spacial score (nSPS) is 11.3. The molecule has 4 rings (SSSR count). The first-order valence-corrected chi connectivity index (χ1v) is 8.50. The zero-order chi connectivity index (χ0) is 19.7. The highest BCUT2D eigenvalue weighted by Crippen LogP contribution is 2.34. The van der Waals surface area contributed by atoms with Gasteiger partial charge in [-0.15, -0.1) is 0 Å². The fraction of sp³-hybridized carbons (Fsp3) is 0.0476. The molecule has 3 aromatic carbocycles. The molecular formula is C21H15N3O4. The molecule has 0 aliphatic heterocycles. The van der Waals surface area contributed by atoms with Gasteiger partial charge in [0.1, 0.15) is 11.3 Å². The van der Waals surface area contributed by atoms with E-state index in [4.69, 9.17) is 4.42 Å². The highest BCUT2D eigenvalue weighted by molar-refractivity contribution is 5.87. The zero-order valence-corrected chi connectivity index (χ0v) is 14.9. The first-order valence-electron chi connectivity index (χ1n) is 8.50. The number of phenolic OH excluding ortho intramolecular Hbond substituents is 1. The van der Waals surface area contributed by atoms with E-state index in [1.165, 1.54) is 18.3 Å². The maximum Gasteiger partial charge on any atom is 0.278 e. The molecule has 1 heterocycles. The minimum Gasteiger partial charge on any atom is -0.507 e. The Morgan fingerprint density at radius 1 is 1.14 bits per heavy atom. The number of fused-ring (bicyclic) bond motifs is 1. The lowest BCUT2D eigenvalue weighted by Gasteiger charge is -2.02. The number of aryl methyl sites for hydroxylation is 1. The molecular weight excluding hydrogens is 358 g/mol. The fourth-order valence-corrected chi connectivity index (χ4v) is 2.88. The second-order valence-corrected chi connectivity index (χ2v) is 6.22. The van der Waals surface area contributed by atoms with Crippen LogP contribution in [0.25, 0.3) is 22.6 Å². The molecule has 0 amide bonds. The first kappa shape index (κ1) is 17.4. The Bertz CT molecular complexity index is 1230. The molecule has 0 aliphatic carbocycles. The summed E-state index contributed by atoms with van der Waals surface area (Å²) >= 11 is 0. The van der Waals surface area contributed by atoms with Crippen molar-refractivity contribution in [2.75, 3.05) is 0 Å². The number of rotatable bonds is 4. The van der Waals surface area contributed by atoms with Crippen molar-refractivity contribution in [3.63, 3.8) is 0 Å². The van der Waals surface area contributed by atoms with E-state index in [1.807, 2.05) is 25.1 Å². The summed E-state index contributed by atoms with van der Waals surface area (Å²) in [6.07, 6.45) is 1.42. The van der Waals surface area contributed by atoms with Crippen molar-refractivity contribution in [2.45, 2.75) is 6.92 Å². The largest absolute Gasteiger partial charge is 0.507 e. The lowest BCUT2D eigenvalue weighted by atomic mass is 10.1. The van der Waals surface area contributed by atoms with Gasteiger partial charge in [0.2, 0.25) is 5.89 Å². The number of aliphatic imine (C=N–C) groups is 1. The number of aromatic nitrogens is 1. The maximum atomic E-state index is 11.1. The molecule has 28 heavy (non-hydrogen) atoms. The lowest BCUT2D eigenvalue weighted by Crippen LogP contribution is -1.93. The number of para-hydroxylation sites is 2. The van der Waals surface area contributed by atoms with Crippen molar-refractivity contribution in [1.82, 2.24) is 4.98 Å². The summed E-state index contributed by atoms with van der Waals surface area (Å²) in [5, 5.41) is 21.4. The van der Waals surface area contributed by atoms with Crippen LogP contribution in [0.1, 0.15) is 11.1 Å². The van der Waals surface area contributed by atoms with E-state index in [2.05, 4.69) is 9.98 Å². The number of nitro benzene ring substituents is 1. The van der Waals surface area contributed by atoms with E-state index >= 15 is 0 Å². The number of phenols is 1. The van der Waals surface area contributed by atoms with Crippen molar-refractivity contribution in [3.05, 3.63) is 81.9 Å². The van der Waals surface area contributed by atoms with E-state index in [0.29, 0.717) is 22.4 Å². The quantitative estimate of drug-likeness (QED) is 0.302. The average Bonchev–Trinajstić information content (AvgIpc) is 3.13. The average molecular weight is 373 g/mol. The summed E-state index contributed by atoms with van der Waals surface area (Å²) in [4.78, 5) is 19.4. The molecule has 1 N–H and O–H groups in total. The lowest BCUT2D eigenvalue weighted by molar-refractivity contribution is -0.385. The van der Waals surface area contributed by atoms with E-state index in [1.54, 1.807) is 30.3 Å². The van der Waals surface area contributed by atoms with Crippen LogP contribution in [0.15, 0.2) is 70.1 Å². The van der Waals surface area contributed by atoms with Crippen LogP contribution in [-0.2, 0) is 0 Å². The molecule has 0 fully saturated rings. The van der Waals surface area contributed by atoms with Crippen LogP contribution in [0.5, 0.6) is 5.75 Å². The summed E-state index contributed by atoms with van der Waals surface area (Å²) < 4.78 is 5.77. The molecule has 0 saturated heterocycles. The summed E-state index contributed by atoms with van der Waals surface area (Å²) in [6, 6.07) is 16.7. The van der Waals surface area contributed by atoms with Gasteiger partial charge in [-0.1, -0.05) is 24.3 Å². The van der Waals surface area contributed by atoms with Gasteiger partial charge in [0.05, 0.1) is 21.7 Å². The smallest absolute Gasteiger partial charge is 0.278 e. The fourth-order valence-electron chi connectivity index (χ4n) is 2.88. The summed E-state index contributed by atoms with van der Waals surface area (Å²) in [7, 11) is 0. The predicted octanol–water partition coefficient (Wildman–Crippen LogP) is 5.17. The van der Waals surface area contributed by atoms with Gasteiger partial charge in [0.25, 0.3) is 5.69 Å². The van der Waals surface area contributed by atoms with Crippen molar-refractivity contribution in [2.24, 2.45) is 4.99 Å². The van der Waals surface area contributed by atoms with Crippen LogP contribution >= 0.6 is 0 Å². The van der Waals surface area contributed by atoms with Crippen LogP contribution in [0.3, 0.4) is 0 Å². The summed E-state index contributed by atoms with van der Waals surface area (Å²) in [5.74, 6) is 0.290. The highest BCUT2D eigenvalue weighted by Gasteiger charge is 2.14. The van der Waals surface area contributed by atoms with Gasteiger partial charge >= 0.3 is 0 Å². The SMILES string of the molecule is Cc1cccc2oc(-c3cc(N=Cc4ccccc4[N+](=O)[O-])ccc3O)nc12. The Hall–Kier alpha value is -4.00. The van der Waals surface area contributed by atoms with Crippen LogP contribution in [0.4, 0.5) is 11.4 Å². The van der Waals surface area contributed by atoms with Crippen molar-refractivity contribution in [3.8, 4) is 17.2 Å². The molecule has 138 valence electrons. The third kappa shape index (κ3) is 3.21. The van der Waals surface area contributed by atoms with Gasteiger partial charge in [0.15, 0.2) is 5.58 Å². The van der Waals surface area contributed by atoms with Crippen LogP contribution in [-0.4, -0.2) is 21.2 Å². The number of nitrogens with zero attached hydrogens (tertiary/aromatic N) is 3. The molecule has 0 spiro atoms. The molecule has 0 aliphatic rings. The molecule has 0 unspecified atom stereocenters.